The van der Waals surface area contributed by atoms with Crippen molar-refractivity contribution in [2.24, 2.45) is 16.7 Å². The topological polar surface area (TPSA) is 26.3 Å². The molecule has 2 nitrogen and oxygen atoms in total. The smallest absolute Gasteiger partial charge is 0.333 e. The molecule has 3 heteroatoms. The molecule has 4 aliphatic rings. The van der Waals surface area contributed by atoms with Crippen molar-refractivity contribution in [1.29, 1.82) is 0 Å². The van der Waals surface area contributed by atoms with E-state index in [1.54, 1.807) is 6.92 Å². The van der Waals surface area contributed by atoms with Crippen molar-refractivity contribution < 1.29 is 9.53 Å². The van der Waals surface area contributed by atoms with Gasteiger partial charge in [0.15, 0.2) is 0 Å². The monoisotopic (exact) mass is 374 g/mol. The van der Waals surface area contributed by atoms with Gasteiger partial charge in [0.25, 0.3) is 0 Å². The predicted octanol–water partition coefficient (Wildman–Crippen LogP) is 4.27. The lowest BCUT2D eigenvalue weighted by Crippen LogP contribution is -2.65. The normalized spacial score (nSPS) is 51.2. The van der Waals surface area contributed by atoms with Crippen molar-refractivity contribution in [2.45, 2.75) is 62.4 Å². The van der Waals surface area contributed by atoms with E-state index in [9.17, 15) is 4.79 Å². The highest BCUT2D eigenvalue weighted by Crippen LogP contribution is 2.69. The van der Waals surface area contributed by atoms with Crippen LogP contribution in [0.5, 0.6) is 0 Å². The van der Waals surface area contributed by atoms with Crippen LogP contribution in [0.15, 0.2) is 12.2 Å². The van der Waals surface area contributed by atoms with E-state index in [1.807, 2.05) is 0 Å². The van der Waals surface area contributed by atoms with Crippen molar-refractivity contribution in [3.05, 3.63) is 12.2 Å². The summed E-state index contributed by atoms with van der Waals surface area (Å²) in [6, 6.07) is 0. The Morgan fingerprint density at radius 2 is 1.95 bits per heavy atom. The minimum atomic E-state index is -0.208. The molecule has 0 aliphatic heterocycles. The lowest BCUT2D eigenvalue weighted by Gasteiger charge is -2.66. The first-order valence-electron chi connectivity index (χ1n) is 7.21. The maximum Gasteiger partial charge on any atom is 0.333 e. The number of hydrogen-bond donors (Lipinski definition) is 0. The Bertz CT molecular complexity index is 436. The zero-order chi connectivity index (χ0) is 14.1. The predicted molar refractivity (Wildman–Crippen MR) is 84.2 cm³/mol. The number of rotatable bonds is 2. The van der Waals surface area contributed by atoms with Crippen molar-refractivity contribution >= 4 is 28.6 Å². The lowest BCUT2D eigenvalue weighted by molar-refractivity contribution is -0.189. The van der Waals surface area contributed by atoms with Gasteiger partial charge in [0.1, 0.15) is 6.10 Å². The van der Waals surface area contributed by atoms with Gasteiger partial charge in [0.05, 0.1) is 3.42 Å². The van der Waals surface area contributed by atoms with Crippen LogP contribution >= 0.6 is 22.6 Å². The number of esters is 1. The summed E-state index contributed by atoms with van der Waals surface area (Å²) in [5, 5.41) is 0. The average molecular weight is 374 g/mol. The Morgan fingerprint density at radius 3 is 2.47 bits per heavy atom. The van der Waals surface area contributed by atoms with Crippen molar-refractivity contribution in [3.63, 3.8) is 0 Å². The van der Waals surface area contributed by atoms with Gasteiger partial charge >= 0.3 is 5.97 Å². The van der Waals surface area contributed by atoms with Crippen LogP contribution in [-0.2, 0) is 9.53 Å². The van der Waals surface area contributed by atoms with Gasteiger partial charge in [-0.05, 0) is 50.4 Å². The molecular weight excluding hydrogens is 351 g/mol. The molecule has 4 bridgehead atoms. The molecule has 0 spiro atoms. The van der Waals surface area contributed by atoms with E-state index in [0.29, 0.717) is 11.0 Å². The highest BCUT2D eigenvalue weighted by molar-refractivity contribution is 14.1. The number of alkyl halides is 1. The molecule has 0 amide bonds. The van der Waals surface area contributed by atoms with Gasteiger partial charge in [-0.2, -0.15) is 0 Å². The molecule has 4 rings (SSSR count). The largest absolute Gasteiger partial charge is 0.457 e. The van der Waals surface area contributed by atoms with Gasteiger partial charge in [0.2, 0.25) is 0 Å². The van der Waals surface area contributed by atoms with E-state index in [4.69, 9.17) is 4.74 Å². The molecule has 4 fully saturated rings. The third kappa shape index (κ3) is 2.07. The number of carbonyl (C=O) groups excluding carboxylic acids is 1. The van der Waals surface area contributed by atoms with Gasteiger partial charge in [-0.1, -0.05) is 43.0 Å². The second-order valence-electron chi connectivity index (χ2n) is 7.90. The number of halogens is 1. The Kier molecular flexibility index (Phi) is 2.92. The van der Waals surface area contributed by atoms with Crippen molar-refractivity contribution in [2.75, 3.05) is 0 Å². The van der Waals surface area contributed by atoms with E-state index in [2.05, 4.69) is 43.0 Å². The summed E-state index contributed by atoms with van der Waals surface area (Å²) in [6.07, 6.45) is 6.27. The first-order chi connectivity index (χ1) is 8.66. The fraction of sp³-hybridized carbons (Fsp3) is 0.812. The Labute approximate surface area is 129 Å². The average Bonchev–Trinajstić information content (AvgIpc) is 2.19. The highest BCUT2D eigenvalue weighted by Gasteiger charge is 2.66. The van der Waals surface area contributed by atoms with Gasteiger partial charge in [-0.15, -0.1) is 0 Å². The second-order valence-corrected chi connectivity index (χ2v) is 10.0. The van der Waals surface area contributed by atoms with Crippen molar-refractivity contribution in [1.82, 2.24) is 0 Å². The minimum absolute atomic E-state index is 0.0643. The zero-order valence-corrected chi connectivity index (χ0v) is 14.2. The molecule has 0 saturated heterocycles. The molecule has 0 aromatic heterocycles. The van der Waals surface area contributed by atoms with Crippen LogP contribution in [0.25, 0.3) is 0 Å². The summed E-state index contributed by atoms with van der Waals surface area (Å²) in [5.41, 5.74) is 1.15. The SMILES string of the molecule is C=C(C)C(=O)OC1C2(C)CC3CC(C)(C2)CC1(I)C3. The van der Waals surface area contributed by atoms with E-state index < -0.39 is 0 Å². The summed E-state index contributed by atoms with van der Waals surface area (Å²) < 4.78 is 6.04. The molecular formula is C16H23IO2. The molecule has 106 valence electrons. The Morgan fingerprint density at radius 1 is 1.26 bits per heavy atom. The molecule has 19 heavy (non-hydrogen) atoms. The van der Waals surface area contributed by atoms with E-state index >= 15 is 0 Å². The number of hydrogen-bond acceptors (Lipinski definition) is 2. The van der Waals surface area contributed by atoms with Crippen LogP contribution in [0.3, 0.4) is 0 Å². The third-order valence-corrected chi connectivity index (χ3v) is 6.78. The second kappa shape index (κ2) is 3.99. The van der Waals surface area contributed by atoms with Gasteiger partial charge in [0, 0.05) is 11.0 Å². The fourth-order valence-corrected chi connectivity index (χ4v) is 7.99. The van der Waals surface area contributed by atoms with E-state index in [0.717, 1.165) is 5.92 Å². The molecule has 0 aromatic carbocycles. The summed E-state index contributed by atoms with van der Waals surface area (Å²) in [6.45, 7) is 10.2. The van der Waals surface area contributed by atoms with Gasteiger partial charge in [-0.25, -0.2) is 4.79 Å². The summed E-state index contributed by atoms with van der Waals surface area (Å²) in [7, 11) is 0. The fourth-order valence-electron chi connectivity index (χ4n) is 5.57. The van der Waals surface area contributed by atoms with E-state index in [-0.39, 0.29) is 20.9 Å². The number of carbonyl (C=O) groups is 1. The molecule has 5 unspecified atom stereocenters. The van der Waals surface area contributed by atoms with E-state index in [1.165, 1.54) is 32.1 Å². The summed E-state index contributed by atoms with van der Waals surface area (Å²) >= 11 is 2.60. The molecule has 0 heterocycles. The van der Waals surface area contributed by atoms with Gasteiger partial charge < -0.3 is 4.74 Å². The van der Waals surface area contributed by atoms with Crippen molar-refractivity contribution in [3.8, 4) is 0 Å². The first-order valence-corrected chi connectivity index (χ1v) is 8.29. The molecule has 0 aromatic rings. The van der Waals surface area contributed by atoms with Crippen LogP contribution in [0.1, 0.15) is 52.9 Å². The van der Waals surface area contributed by atoms with Crippen LogP contribution < -0.4 is 0 Å². The molecule has 0 radical (unpaired) electrons. The zero-order valence-electron chi connectivity index (χ0n) is 12.1. The highest BCUT2D eigenvalue weighted by atomic mass is 127. The first kappa shape index (κ1) is 13.9. The quantitative estimate of drug-likeness (QED) is 0.312. The Balaban J connectivity index is 1.93. The lowest BCUT2D eigenvalue weighted by atomic mass is 9.44. The third-order valence-electron chi connectivity index (χ3n) is 5.39. The Hall–Kier alpha value is -0.0600. The molecule has 4 aliphatic carbocycles. The molecule has 5 atom stereocenters. The maximum absolute atomic E-state index is 12.0. The molecule has 0 N–H and O–H groups in total. The maximum atomic E-state index is 12.0. The standard InChI is InChI=1S/C16H23IO2/c1-10(2)12(18)19-13-15(4)6-11-5-14(3,8-15)9-16(13,17)7-11/h11,13H,1,5-9H2,2-4H3. The minimum Gasteiger partial charge on any atom is -0.457 e. The van der Waals surface area contributed by atoms with Crippen LogP contribution in [0.4, 0.5) is 0 Å². The van der Waals surface area contributed by atoms with Crippen LogP contribution in [0, 0.1) is 16.7 Å². The number of ether oxygens (including phenoxy) is 1. The summed E-state index contributed by atoms with van der Waals surface area (Å²) in [5.74, 6) is 0.620. The van der Waals surface area contributed by atoms with Crippen LogP contribution in [0.2, 0.25) is 0 Å². The van der Waals surface area contributed by atoms with Crippen LogP contribution in [-0.4, -0.2) is 15.5 Å². The summed E-state index contributed by atoms with van der Waals surface area (Å²) in [4.78, 5) is 12.0. The van der Waals surface area contributed by atoms with Gasteiger partial charge in [-0.3, -0.25) is 0 Å². The molecule has 4 saturated carbocycles.